The van der Waals surface area contributed by atoms with Crippen LogP contribution < -0.4 is 10.6 Å². The van der Waals surface area contributed by atoms with Gasteiger partial charge in [0.2, 0.25) is 0 Å². The van der Waals surface area contributed by atoms with Crippen molar-refractivity contribution < 1.29 is 9.21 Å². The Morgan fingerprint density at radius 1 is 1.21 bits per heavy atom. The maximum absolute atomic E-state index is 12.2. The Hall–Kier alpha value is -3.09. The second-order valence-electron chi connectivity index (χ2n) is 5.49. The Labute approximate surface area is 139 Å². The van der Waals surface area contributed by atoms with Crippen LogP contribution in [0.15, 0.2) is 53.3 Å². The molecule has 24 heavy (non-hydrogen) atoms. The number of nitrogens with one attached hydrogen (secondary N) is 2. The molecule has 2 amide bonds. The highest BCUT2D eigenvalue weighted by Gasteiger charge is 2.12. The predicted octanol–water partition coefficient (Wildman–Crippen LogP) is 3.11. The van der Waals surface area contributed by atoms with Gasteiger partial charge < -0.3 is 9.73 Å². The van der Waals surface area contributed by atoms with Crippen LogP contribution in [0.2, 0.25) is 0 Å². The molecule has 0 aliphatic rings. The first kappa shape index (κ1) is 15.8. The molecule has 0 unspecified atom stereocenters. The Balaban J connectivity index is 1.62. The number of urea groups is 1. The summed E-state index contributed by atoms with van der Waals surface area (Å²) in [6.07, 6.45) is 5.04. The van der Waals surface area contributed by atoms with Crippen LogP contribution in [0.25, 0.3) is 0 Å². The van der Waals surface area contributed by atoms with Gasteiger partial charge in [-0.25, -0.2) is 9.48 Å². The van der Waals surface area contributed by atoms with E-state index in [1.807, 2.05) is 38.1 Å². The van der Waals surface area contributed by atoms with Gasteiger partial charge in [0.15, 0.2) is 0 Å². The van der Waals surface area contributed by atoms with Crippen molar-refractivity contribution in [2.75, 3.05) is 5.32 Å². The summed E-state index contributed by atoms with van der Waals surface area (Å²) in [5.41, 5.74) is 0.986. The van der Waals surface area contributed by atoms with E-state index >= 15 is 0 Å². The molecule has 1 atom stereocenters. The van der Waals surface area contributed by atoms with E-state index < -0.39 is 0 Å². The highest BCUT2D eigenvalue weighted by atomic mass is 16.3. The molecule has 0 aliphatic heterocycles. The molecule has 0 saturated carbocycles. The van der Waals surface area contributed by atoms with E-state index in [1.165, 1.54) is 0 Å². The molecule has 3 rings (SSSR count). The number of carbonyl (C=O) groups excluding carboxylic acids is 1. The molecule has 7 heteroatoms. The van der Waals surface area contributed by atoms with Crippen molar-refractivity contribution >= 4 is 11.8 Å². The van der Waals surface area contributed by atoms with E-state index in [2.05, 4.69) is 20.7 Å². The SMILES string of the molecule is Cc1ccc(Cn2nccc2NC(=O)N[C@@H](C)c2ccncc2)o1. The van der Waals surface area contributed by atoms with Gasteiger partial charge in [-0.15, -0.1) is 0 Å². The number of nitrogens with zero attached hydrogens (tertiary/aromatic N) is 3. The minimum absolute atomic E-state index is 0.128. The Kier molecular flexibility index (Phi) is 4.60. The van der Waals surface area contributed by atoms with E-state index in [1.54, 1.807) is 29.3 Å². The lowest BCUT2D eigenvalue weighted by molar-refractivity contribution is 0.249. The first-order valence-electron chi connectivity index (χ1n) is 7.66. The summed E-state index contributed by atoms with van der Waals surface area (Å²) in [6, 6.07) is 8.85. The van der Waals surface area contributed by atoms with Crippen LogP contribution >= 0.6 is 0 Å². The number of rotatable bonds is 5. The van der Waals surface area contributed by atoms with Gasteiger partial charge in [0.25, 0.3) is 0 Å². The van der Waals surface area contributed by atoms with Gasteiger partial charge >= 0.3 is 6.03 Å². The van der Waals surface area contributed by atoms with Gasteiger partial charge in [-0.2, -0.15) is 5.10 Å². The smallest absolute Gasteiger partial charge is 0.320 e. The number of hydrogen-bond donors (Lipinski definition) is 2. The van der Waals surface area contributed by atoms with Crippen LogP contribution in [0.1, 0.15) is 30.0 Å². The Bertz CT molecular complexity index is 809. The fourth-order valence-electron chi connectivity index (χ4n) is 2.37. The van der Waals surface area contributed by atoms with Gasteiger partial charge in [-0.05, 0) is 43.7 Å². The summed E-state index contributed by atoms with van der Waals surface area (Å²) in [6.45, 7) is 4.26. The Morgan fingerprint density at radius 3 is 2.71 bits per heavy atom. The average molecular weight is 325 g/mol. The third kappa shape index (κ3) is 3.81. The zero-order chi connectivity index (χ0) is 16.9. The predicted molar refractivity (Wildman–Crippen MR) is 89.6 cm³/mol. The van der Waals surface area contributed by atoms with Crippen molar-refractivity contribution in [1.82, 2.24) is 20.1 Å². The number of carbonyl (C=O) groups is 1. The molecule has 2 N–H and O–H groups in total. The minimum atomic E-state index is -0.295. The molecule has 124 valence electrons. The third-order valence-electron chi connectivity index (χ3n) is 3.61. The number of aromatic nitrogens is 3. The molecule has 3 aromatic heterocycles. The molecule has 3 aromatic rings. The van der Waals surface area contributed by atoms with Crippen molar-refractivity contribution in [2.24, 2.45) is 0 Å². The lowest BCUT2D eigenvalue weighted by Gasteiger charge is -2.15. The van der Waals surface area contributed by atoms with Crippen LogP contribution in [-0.2, 0) is 6.54 Å². The molecule has 7 nitrogen and oxygen atoms in total. The summed E-state index contributed by atoms with van der Waals surface area (Å²) in [4.78, 5) is 16.2. The van der Waals surface area contributed by atoms with Gasteiger partial charge in [0.05, 0.1) is 12.2 Å². The van der Waals surface area contributed by atoms with Crippen molar-refractivity contribution in [3.63, 3.8) is 0 Å². The number of amides is 2. The summed E-state index contributed by atoms with van der Waals surface area (Å²) >= 11 is 0. The second kappa shape index (κ2) is 6.99. The molecule has 0 aromatic carbocycles. The fraction of sp³-hybridized carbons (Fsp3) is 0.235. The van der Waals surface area contributed by atoms with E-state index in [0.29, 0.717) is 12.4 Å². The molecule has 0 radical (unpaired) electrons. The van der Waals surface area contributed by atoms with Gasteiger partial charge in [-0.3, -0.25) is 10.3 Å². The van der Waals surface area contributed by atoms with E-state index in [4.69, 9.17) is 4.42 Å². The van der Waals surface area contributed by atoms with E-state index in [0.717, 1.165) is 17.1 Å². The summed E-state index contributed by atoms with van der Waals surface area (Å²) in [7, 11) is 0. The molecule has 3 heterocycles. The molecular formula is C17H19N5O2. The topological polar surface area (TPSA) is 85.0 Å². The zero-order valence-electron chi connectivity index (χ0n) is 13.6. The highest BCUT2D eigenvalue weighted by Crippen LogP contribution is 2.14. The maximum atomic E-state index is 12.2. The number of anilines is 1. The van der Waals surface area contributed by atoms with Crippen LogP contribution in [0, 0.1) is 6.92 Å². The lowest BCUT2D eigenvalue weighted by Crippen LogP contribution is -2.32. The van der Waals surface area contributed by atoms with E-state index in [-0.39, 0.29) is 12.1 Å². The standard InChI is InChI=1S/C17H19N5O2/c1-12-3-4-15(24-12)11-22-16(7-10-19-22)21-17(23)20-13(2)14-5-8-18-9-6-14/h3-10,13H,11H2,1-2H3,(H2,20,21,23)/t13-/m0/s1. The molecular weight excluding hydrogens is 306 g/mol. The molecule has 0 bridgehead atoms. The van der Waals surface area contributed by atoms with Crippen LogP contribution in [0.5, 0.6) is 0 Å². The Morgan fingerprint density at radius 2 is 2.00 bits per heavy atom. The molecule has 0 fully saturated rings. The van der Waals surface area contributed by atoms with Crippen LogP contribution in [0.4, 0.5) is 10.6 Å². The van der Waals surface area contributed by atoms with Gasteiger partial charge in [0, 0.05) is 18.5 Å². The lowest BCUT2D eigenvalue weighted by atomic mass is 10.1. The maximum Gasteiger partial charge on any atom is 0.320 e. The number of aryl methyl sites for hydroxylation is 1. The van der Waals surface area contributed by atoms with Crippen molar-refractivity contribution in [3.8, 4) is 0 Å². The molecule has 0 saturated heterocycles. The van der Waals surface area contributed by atoms with E-state index in [9.17, 15) is 4.79 Å². The van der Waals surface area contributed by atoms with Crippen molar-refractivity contribution in [3.05, 3.63) is 66.0 Å². The summed E-state index contributed by atoms with van der Waals surface area (Å²) in [5, 5.41) is 9.92. The molecule has 0 spiro atoms. The van der Waals surface area contributed by atoms with Gasteiger partial charge in [0.1, 0.15) is 23.9 Å². The van der Waals surface area contributed by atoms with Crippen LogP contribution in [-0.4, -0.2) is 20.8 Å². The number of furan rings is 1. The number of hydrogen-bond acceptors (Lipinski definition) is 4. The number of pyridine rings is 1. The second-order valence-corrected chi connectivity index (χ2v) is 5.49. The van der Waals surface area contributed by atoms with Gasteiger partial charge in [-0.1, -0.05) is 0 Å². The monoisotopic (exact) mass is 325 g/mol. The quantitative estimate of drug-likeness (QED) is 0.755. The third-order valence-corrected chi connectivity index (χ3v) is 3.61. The summed E-state index contributed by atoms with van der Waals surface area (Å²) in [5.74, 6) is 2.23. The zero-order valence-corrected chi connectivity index (χ0v) is 13.6. The molecule has 0 aliphatic carbocycles. The normalized spacial score (nSPS) is 11.9. The van der Waals surface area contributed by atoms with Crippen molar-refractivity contribution in [2.45, 2.75) is 26.4 Å². The fourth-order valence-corrected chi connectivity index (χ4v) is 2.37. The largest absolute Gasteiger partial charge is 0.464 e. The van der Waals surface area contributed by atoms with Crippen LogP contribution in [0.3, 0.4) is 0 Å². The first-order valence-corrected chi connectivity index (χ1v) is 7.66. The average Bonchev–Trinajstić information content (AvgIpc) is 3.18. The summed E-state index contributed by atoms with van der Waals surface area (Å²) < 4.78 is 7.22. The van der Waals surface area contributed by atoms with Crippen molar-refractivity contribution in [1.29, 1.82) is 0 Å². The minimum Gasteiger partial charge on any atom is -0.464 e. The highest BCUT2D eigenvalue weighted by molar-refractivity contribution is 5.88. The first-order chi connectivity index (χ1) is 11.6.